The number of unbranched alkanes of at least 4 members (excludes halogenated alkanes) is 1. The first-order valence-electron chi connectivity index (χ1n) is 5.76. The molecule has 1 N–H and O–H groups in total. The Morgan fingerprint density at radius 1 is 1.13 bits per heavy atom. The summed E-state index contributed by atoms with van der Waals surface area (Å²) in [7, 11) is -3.72. The summed E-state index contributed by atoms with van der Waals surface area (Å²) in [5.74, 6) is -0.0518. The zero-order chi connectivity index (χ0) is 11.1. The van der Waals surface area contributed by atoms with Gasteiger partial charge in [-0.2, -0.15) is 0 Å². The third-order valence-corrected chi connectivity index (χ3v) is 7.44. The van der Waals surface area contributed by atoms with E-state index in [0.717, 1.165) is 11.1 Å². The quantitative estimate of drug-likeness (QED) is 0.465. The van der Waals surface area contributed by atoms with Crippen molar-refractivity contribution < 1.29 is 13.0 Å². The molecule has 1 aliphatic rings. The molecular weight excluding hydrogens is 275 g/mol. The molecule has 0 aliphatic heterocycles. The van der Waals surface area contributed by atoms with Crippen LogP contribution in [0.5, 0.6) is 0 Å². The van der Waals surface area contributed by atoms with Crippen molar-refractivity contribution in [2.24, 2.45) is 0 Å². The second-order valence-corrected chi connectivity index (χ2v) is 9.47. The van der Waals surface area contributed by atoms with Crippen molar-refractivity contribution in [3.63, 3.8) is 0 Å². The van der Waals surface area contributed by atoms with Crippen LogP contribution in [-0.4, -0.2) is 34.5 Å². The van der Waals surface area contributed by atoms with Crippen LogP contribution in [0.1, 0.15) is 44.9 Å². The van der Waals surface area contributed by atoms with Crippen LogP contribution in [0.2, 0.25) is 9.91 Å². The van der Waals surface area contributed by atoms with Gasteiger partial charge in [-0.05, 0) is 0 Å². The first kappa shape index (κ1) is 13.5. The standard InChI is InChI=1S/C10H21AsO3S/c12-15(13,14)9-5-4-8-11-10-6-2-1-3-7-10/h10-11H,1-9H2,(H,12,13,14). The van der Waals surface area contributed by atoms with Gasteiger partial charge in [-0.15, -0.1) is 0 Å². The number of hydrogen-bond donors (Lipinski definition) is 1. The van der Waals surface area contributed by atoms with Crippen LogP contribution in [0.3, 0.4) is 0 Å². The average molecular weight is 296 g/mol. The SMILES string of the molecule is O=S(=O)(O)CCCC[AsH]C1CCCCC1. The second-order valence-electron chi connectivity index (χ2n) is 4.28. The molecule has 0 radical (unpaired) electrons. The Labute approximate surface area is 99.5 Å². The molecule has 0 amide bonds. The molecule has 1 atom stereocenters. The van der Waals surface area contributed by atoms with Crippen LogP contribution in [-0.2, 0) is 10.1 Å². The number of hydrogen-bond acceptors (Lipinski definition) is 2. The molecule has 0 spiro atoms. The van der Waals surface area contributed by atoms with E-state index >= 15 is 0 Å². The van der Waals surface area contributed by atoms with E-state index in [-0.39, 0.29) is 21.5 Å². The third-order valence-electron chi connectivity index (χ3n) is 2.87. The fraction of sp³-hybridized carbons (Fsp3) is 1.00. The van der Waals surface area contributed by atoms with Gasteiger partial charge in [-0.25, -0.2) is 0 Å². The summed E-state index contributed by atoms with van der Waals surface area (Å²) in [6, 6.07) is 0. The van der Waals surface area contributed by atoms with E-state index in [1.54, 1.807) is 0 Å². The molecule has 0 bridgehead atoms. The fourth-order valence-corrected chi connectivity index (χ4v) is 6.11. The van der Waals surface area contributed by atoms with Crippen LogP contribution in [0, 0.1) is 0 Å². The Morgan fingerprint density at radius 2 is 1.80 bits per heavy atom. The van der Waals surface area contributed by atoms with E-state index in [1.165, 1.54) is 37.3 Å². The van der Waals surface area contributed by atoms with Crippen LogP contribution >= 0.6 is 0 Å². The molecule has 1 saturated carbocycles. The van der Waals surface area contributed by atoms with E-state index in [2.05, 4.69) is 0 Å². The van der Waals surface area contributed by atoms with Crippen molar-refractivity contribution in [2.45, 2.75) is 54.9 Å². The maximum atomic E-state index is 10.5. The van der Waals surface area contributed by atoms with E-state index in [9.17, 15) is 8.42 Å². The molecule has 15 heavy (non-hydrogen) atoms. The van der Waals surface area contributed by atoms with E-state index in [4.69, 9.17) is 4.55 Å². The summed E-state index contributed by atoms with van der Waals surface area (Å²) in [5, 5.41) is 1.24. The normalized spacial score (nSPS) is 20.1. The Kier molecular flexibility index (Phi) is 6.25. The predicted molar refractivity (Wildman–Crippen MR) is 64.4 cm³/mol. The molecular formula is C10H21AsO3S. The zero-order valence-electron chi connectivity index (χ0n) is 9.11. The van der Waals surface area contributed by atoms with Crippen molar-refractivity contribution in [1.82, 2.24) is 0 Å². The van der Waals surface area contributed by atoms with Crippen molar-refractivity contribution >= 4 is 25.9 Å². The topological polar surface area (TPSA) is 54.4 Å². The molecule has 1 unspecified atom stereocenters. The monoisotopic (exact) mass is 296 g/mol. The summed E-state index contributed by atoms with van der Waals surface area (Å²) in [6.45, 7) is 0. The summed E-state index contributed by atoms with van der Waals surface area (Å²) >= 11 is 0.147. The van der Waals surface area contributed by atoms with Gasteiger partial charge in [0.2, 0.25) is 0 Å². The van der Waals surface area contributed by atoms with E-state index in [0.29, 0.717) is 6.42 Å². The summed E-state index contributed by atoms with van der Waals surface area (Å²) in [6.07, 6.45) is 8.66. The molecule has 90 valence electrons. The van der Waals surface area contributed by atoms with Gasteiger partial charge in [0.1, 0.15) is 0 Å². The molecule has 1 aliphatic carbocycles. The van der Waals surface area contributed by atoms with Gasteiger partial charge in [0.25, 0.3) is 0 Å². The first-order valence-corrected chi connectivity index (χ1v) is 10.1. The van der Waals surface area contributed by atoms with Crippen LogP contribution in [0.15, 0.2) is 0 Å². The van der Waals surface area contributed by atoms with Crippen molar-refractivity contribution in [1.29, 1.82) is 0 Å². The van der Waals surface area contributed by atoms with Crippen molar-refractivity contribution in [3.8, 4) is 0 Å². The van der Waals surface area contributed by atoms with Gasteiger partial charge >= 0.3 is 99.5 Å². The average Bonchev–Trinajstić information content (AvgIpc) is 2.17. The van der Waals surface area contributed by atoms with Crippen LogP contribution < -0.4 is 0 Å². The van der Waals surface area contributed by atoms with Gasteiger partial charge in [-0.1, -0.05) is 0 Å². The molecule has 3 nitrogen and oxygen atoms in total. The van der Waals surface area contributed by atoms with E-state index < -0.39 is 10.1 Å². The summed E-state index contributed by atoms with van der Waals surface area (Å²) in [5.41, 5.74) is 0. The Hall–Kier alpha value is 0.468. The van der Waals surface area contributed by atoms with Crippen LogP contribution in [0.25, 0.3) is 0 Å². The maximum absolute atomic E-state index is 10.5. The van der Waals surface area contributed by atoms with Crippen molar-refractivity contribution in [3.05, 3.63) is 0 Å². The Morgan fingerprint density at radius 3 is 2.40 bits per heavy atom. The molecule has 1 fully saturated rings. The van der Waals surface area contributed by atoms with Gasteiger partial charge < -0.3 is 0 Å². The summed E-state index contributed by atoms with van der Waals surface area (Å²) < 4.78 is 30.5. The second kappa shape index (κ2) is 6.92. The van der Waals surface area contributed by atoms with Crippen LogP contribution in [0.4, 0.5) is 0 Å². The molecule has 0 aromatic carbocycles. The zero-order valence-corrected chi connectivity index (χ0v) is 12.0. The Balaban J connectivity index is 1.96. The number of rotatable bonds is 6. The minimum atomic E-state index is -3.72. The predicted octanol–water partition coefficient (Wildman–Crippen LogP) is 2.26. The molecule has 0 aromatic heterocycles. The van der Waals surface area contributed by atoms with Gasteiger partial charge in [0, 0.05) is 0 Å². The van der Waals surface area contributed by atoms with Gasteiger partial charge in [0.15, 0.2) is 0 Å². The molecule has 1 rings (SSSR count). The third kappa shape index (κ3) is 7.37. The van der Waals surface area contributed by atoms with Gasteiger partial charge in [0.05, 0.1) is 0 Å². The van der Waals surface area contributed by atoms with E-state index in [1.807, 2.05) is 0 Å². The molecule has 5 heteroatoms. The Bertz CT molecular complexity index is 258. The summed E-state index contributed by atoms with van der Waals surface area (Å²) in [4.78, 5) is 0. The van der Waals surface area contributed by atoms with Gasteiger partial charge in [-0.3, -0.25) is 0 Å². The molecule has 0 heterocycles. The molecule has 0 saturated heterocycles. The minimum absolute atomic E-state index is 0.0518. The van der Waals surface area contributed by atoms with Crippen molar-refractivity contribution in [2.75, 3.05) is 5.75 Å². The molecule has 0 aromatic rings. The first-order chi connectivity index (χ1) is 7.08. The fourth-order valence-electron chi connectivity index (χ4n) is 2.02.